The van der Waals surface area contributed by atoms with Crippen molar-refractivity contribution < 1.29 is 13.9 Å². The van der Waals surface area contributed by atoms with E-state index in [9.17, 15) is 13.9 Å². The SMILES string of the molecule is CC1CCCC(CO)(Nc2c(F)cc(N)cc2F)C1. The van der Waals surface area contributed by atoms with E-state index >= 15 is 0 Å². The van der Waals surface area contributed by atoms with Crippen LogP contribution in [0, 0.1) is 17.6 Å². The fourth-order valence-electron chi connectivity index (χ4n) is 2.93. The van der Waals surface area contributed by atoms with Crippen molar-refractivity contribution in [3.05, 3.63) is 23.8 Å². The number of aliphatic hydroxyl groups is 1. The van der Waals surface area contributed by atoms with Gasteiger partial charge in [-0.05, 0) is 30.9 Å². The first-order valence-electron chi connectivity index (χ1n) is 6.59. The molecule has 2 rings (SSSR count). The van der Waals surface area contributed by atoms with Gasteiger partial charge in [0, 0.05) is 5.69 Å². The molecule has 1 saturated carbocycles. The summed E-state index contributed by atoms with van der Waals surface area (Å²) in [5, 5.41) is 12.5. The number of nitrogens with two attached hydrogens (primary N) is 1. The molecule has 0 amide bonds. The highest BCUT2D eigenvalue weighted by molar-refractivity contribution is 5.55. The molecular formula is C14H20F2N2O. The Labute approximate surface area is 111 Å². The molecule has 106 valence electrons. The third-order valence-corrected chi connectivity index (χ3v) is 3.85. The normalized spacial score (nSPS) is 27.3. The van der Waals surface area contributed by atoms with E-state index in [-0.39, 0.29) is 18.0 Å². The van der Waals surface area contributed by atoms with Gasteiger partial charge < -0.3 is 16.2 Å². The molecule has 0 radical (unpaired) electrons. The first-order valence-corrected chi connectivity index (χ1v) is 6.59. The highest BCUT2D eigenvalue weighted by atomic mass is 19.1. The zero-order valence-electron chi connectivity index (χ0n) is 11.0. The Bertz CT molecular complexity index is 444. The quantitative estimate of drug-likeness (QED) is 0.740. The molecule has 1 aliphatic carbocycles. The van der Waals surface area contributed by atoms with Crippen LogP contribution in [0.15, 0.2) is 12.1 Å². The van der Waals surface area contributed by atoms with Crippen molar-refractivity contribution >= 4 is 11.4 Å². The molecule has 0 spiro atoms. The number of rotatable bonds is 3. The van der Waals surface area contributed by atoms with Gasteiger partial charge in [-0.15, -0.1) is 0 Å². The van der Waals surface area contributed by atoms with Crippen LogP contribution >= 0.6 is 0 Å². The zero-order chi connectivity index (χ0) is 14.0. The Morgan fingerprint density at radius 1 is 1.42 bits per heavy atom. The van der Waals surface area contributed by atoms with Crippen LogP contribution in [-0.2, 0) is 0 Å². The topological polar surface area (TPSA) is 58.3 Å². The number of nitrogens with one attached hydrogen (secondary N) is 1. The number of hydrogen-bond acceptors (Lipinski definition) is 3. The van der Waals surface area contributed by atoms with Crippen LogP contribution in [-0.4, -0.2) is 17.3 Å². The maximum atomic E-state index is 13.8. The lowest BCUT2D eigenvalue weighted by molar-refractivity contribution is 0.149. The highest BCUT2D eigenvalue weighted by Gasteiger charge is 2.35. The summed E-state index contributed by atoms with van der Waals surface area (Å²) in [6.07, 6.45) is 3.42. The lowest BCUT2D eigenvalue weighted by Gasteiger charge is -2.40. The number of aliphatic hydroxyl groups excluding tert-OH is 1. The standard InChI is InChI=1S/C14H20F2N2O/c1-9-3-2-4-14(7-9,8-19)18-13-11(15)5-10(17)6-12(13)16/h5-6,9,18-19H,2-4,7-8,17H2,1H3. The van der Waals surface area contributed by atoms with Crippen molar-refractivity contribution in [3.8, 4) is 0 Å². The van der Waals surface area contributed by atoms with Gasteiger partial charge in [-0.25, -0.2) is 8.78 Å². The number of hydrogen-bond donors (Lipinski definition) is 3. The van der Waals surface area contributed by atoms with Crippen molar-refractivity contribution in [1.82, 2.24) is 0 Å². The lowest BCUT2D eigenvalue weighted by Crippen LogP contribution is -2.46. The van der Waals surface area contributed by atoms with E-state index in [1.54, 1.807) is 0 Å². The van der Waals surface area contributed by atoms with E-state index in [1.165, 1.54) is 0 Å². The average Bonchev–Trinajstić information content (AvgIpc) is 2.34. The van der Waals surface area contributed by atoms with Gasteiger partial charge in [0.1, 0.15) is 5.69 Å². The Hall–Kier alpha value is -1.36. The van der Waals surface area contributed by atoms with Gasteiger partial charge in [0.25, 0.3) is 0 Å². The Morgan fingerprint density at radius 2 is 2.05 bits per heavy atom. The minimum atomic E-state index is -0.719. The molecule has 0 aliphatic heterocycles. The number of nitrogen functional groups attached to an aromatic ring is 1. The molecule has 0 saturated heterocycles. The van der Waals surface area contributed by atoms with E-state index in [1.807, 2.05) is 0 Å². The van der Waals surface area contributed by atoms with Crippen LogP contribution < -0.4 is 11.1 Å². The van der Waals surface area contributed by atoms with E-state index < -0.39 is 17.2 Å². The smallest absolute Gasteiger partial charge is 0.151 e. The first-order chi connectivity index (χ1) is 8.96. The summed E-state index contributed by atoms with van der Waals surface area (Å²) in [4.78, 5) is 0. The molecule has 1 aromatic rings. The summed E-state index contributed by atoms with van der Waals surface area (Å²) < 4.78 is 27.6. The van der Waals surface area contributed by atoms with Crippen molar-refractivity contribution in [2.45, 2.75) is 38.1 Å². The number of halogens is 2. The van der Waals surface area contributed by atoms with Gasteiger partial charge in [-0.2, -0.15) is 0 Å². The summed E-state index contributed by atoms with van der Waals surface area (Å²) >= 11 is 0. The summed E-state index contributed by atoms with van der Waals surface area (Å²) in [6.45, 7) is 1.95. The molecule has 0 heterocycles. The highest BCUT2D eigenvalue weighted by Crippen LogP contribution is 2.36. The molecule has 4 N–H and O–H groups in total. The van der Waals surface area contributed by atoms with Gasteiger partial charge in [-0.1, -0.05) is 19.8 Å². The number of anilines is 2. The fourth-order valence-corrected chi connectivity index (χ4v) is 2.93. The Morgan fingerprint density at radius 3 is 2.58 bits per heavy atom. The van der Waals surface area contributed by atoms with Crippen molar-refractivity contribution in [1.29, 1.82) is 0 Å². The van der Waals surface area contributed by atoms with Crippen molar-refractivity contribution in [2.75, 3.05) is 17.7 Å². The third kappa shape index (κ3) is 2.97. The van der Waals surface area contributed by atoms with Crippen molar-refractivity contribution in [3.63, 3.8) is 0 Å². The lowest BCUT2D eigenvalue weighted by atomic mass is 9.76. The van der Waals surface area contributed by atoms with E-state index in [0.717, 1.165) is 25.0 Å². The second kappa shape index (κ2) is 5.33. The van der Waals surface area contributed by atoms with Gasteiger partial charge >= 0.3 is 0 Å². The monoisotopic (exact) mass is 270 g/mol. The zero-order valence-corrected chi connectivity index (χ0v) is 11.0. The molecular weight excluding hydrogens is 250 g/mol. The first kappa shape index (κ1) is 14.1. The van der Waals surface area contributed by atoms with Gasteiger partial charge in [0.05, 0.1) is 12.1 Å². The van der Waals surface area contributed by atoms with Gasteiger partial charge in [-0.3, -0.25) is 0 Å². The van der Waals surface area contributed by atoms with Crippen LogP contribution in [0.25, 0.3) is 0 Å². The van der Waals surface area contributed by atoms with Gasteiger partial charge in [0.15, 0.2) is 11.6 Å². The summed E-state index contributed by atoms with van der Waals surface area (Å²) in [5.41, 5.74) is 4.60. The maximum Gasteiger partial charge on any atom is 0.151 e. The molecule has 1 aromatic carbocycles. The van der Waals surface area contributed by atoms with Crippen LogP contribution in [0.1, 0.15) is 32.6 Å². The second-order valence-corrected chi connectivity index (χ2v) is 5.62. The molecule has 19 heavy (non-hydrogen) atoms. The third-order valence-electron chi connectivity index (χ3n) is 3.85. The fraction of sp³-hybridized carbons (Fsp3) is 0.571. The Balaban J connectivity index is 2.28. The minimum absolute atomic E-state index is 0.0515. The van der Waals surface area contributed by atoms with Gasteiger partial charge in [0.2, 0.25) is 0 Å². The molecule has 5 heteroatoms. The van der Waals surface area contributed by atoms with Crippen LogP contribution in [0.4, 0.5) is 20.2 Å². The summed E-state index contributed by atoms with van der Waals surface area (Å²) in [6, 6.07) is 2.17. The van der Waals surface area contributed by atoms with Crippen LogP contribution in [0.5, 0.6) is 0 Å². The van der Waals surface area contributed by atoms with Crippen LogP contribution in [0.2, 0.25) is 0 Å². The van der Waals surface area contributed by atoms with E-state index in [2.05, 4.69) is 12.2 Å². The summed E-state index contributed by atoms with van der Waals surface area (Å²) in [7, 11) is 0. The van der Waals surface area contributed by atoms with E-state index in [0.29, 0.717) is 18.8 Å². The predicted octanol–water partition coefficient (Wildman–Crippen LogP) is 2.90. The average molecular weight is 270 g/mol. The maximum absolute atomic E-state index is 13.8. The molecule has 2 atom stereocenters. The second-order valence-electron chi connectivity index (χ2n) is 5.62. The number of benzene rings is 1. The predicted molar refractivity (Wildman–Crippen MR) is 71.8 cm³/mol. The summed E-state index contributed by atoms with van der Waals surface area (Å²) in [5.74, 6) is -1.01. The molecule has 0 aromatic heterocycles. The Kier molecular flexibility index (Phi) is 3.94. The van der Waals surface area contributed by atoms with Crippen molar-refractivity contribution in [2.24, 2.45) is 5.92 Å². The molecule has 2 unspecified atom stereocenters. The minimum Gasteiger partial charge on any atom is -0.399 e. The van der Waals surface area contributed by atoms with E-state index in [4.69, 9.17) is 5.73 Å². The molecule has 3 nitrogen and oxygen atoms in total. The molecule has 1 fully saturated rings. The molecule has 0 bridgehead atoms. The van der Waals surface area contributed by atoms with Crippen LogP contribution in [0.3, 0.4) is 0 Å². The largest absolute Gasteiger partial charge is 0.399 e. The molecule has 1 aliphatic rings.